The monoisotopic (exact) mass is 436 g/mol. The molecule has 0 aliphatic heterocycles. The summed E-state index contributed by atoms with van der Waals surface area (Å²) >= 11 is 6.18. The first-order valence-electron chi connectivity index (χ1n) is 9.23. The van der Waals surface area contributed by atoms with Gasteiger partial charge in [-0.3, -0.25) is 4.79 Å². The van der Waals surface area contributed by atoms with E-state index in [0.29, 0.717) is 22.1 Å². The Morgan fingerprint density at radius 3 is 2.61 bits per heavy atom. The van der Waals surface area contributed by atoms with Crippen molar-refractivity contribution in [1.29, 1.82) is 5.26 Å². The molecule has 0 heterocycles. The summed E-state index contributed by atoms with van der Waals surface area (Å²) in [6.45, 7) is 0.178. The highest BCUT2D eigenvalue weighted by Gasteiger charge is 2.14. The Morgan fingerprint density at radius 2 is 1.90 bits per heavy atom. The van der Waals surface area contributed by atoms with Crippen LogP contribution in [0.1, 0.15) is 11.1 Å². The molecule has 0 atom stereocenters. The van der Waals surface area contributed by atoms with Crippen molar-refractivity contribution >= 4 is 29.3 Å². The van der Waals surface area contributed by atoms with Crippen LogP contribution < -0.4 is 14.8 Å². The molecule has 156 valence electrons. The topological polar surface area (TPSA) is 71.3 Å². The van der Waals surface area contributed by atoms with Crippen LogP contribution in [-0.2, 0) is 11.4 Å². The van der Waals surface area contributed by atoms with E-state index in [4.69, 9.17) is 21.1 Å². The fraction of sp³-hybridized carbons (Fsp3) is 0.0833. The van der Waals surface area contributed by atoms with Crippen LogP contribution in [0.2, 0.25) is 5.02 Å². The number of methoxy groups -OCH3 is 1. The van der Waals surface area contributed by atoms with Crippen LogP contribution in [0.3, 0.4) is 0 Å². The van der Waals surface area contributed by atoms with Gasteiger partial charge in [0.1, 0.15) is 35.6 Å². The first-order valence-corrected chi connectivity index (χ1v) is 9.61. The number of rotatable bonds is 7. The zero-order chi connectivity index (χ0) is 22.2. The summed E-state index contributed by atoms with van der Waals surface area (Å²) in [5.74, 6) is -0.395. The van der Waals surface area contributed by atoms with E-state index in [1.807, 2.05) is 24.3 Å². The molecule has 0 bridgehead atoms. The summed E-state index contributed by atoms with van der Waals surface area (Å²) in [5, 5.41) is 12.4. The van der Waals surface area contributed by atoms with Gasteiger partial charge in [-0.25, -0.2) is 4.39 Å². The third-order valence-electron chi connectivity index (χ3n) is 4.35. The zero-order valence-corrected chi connectivity index (χ0v) is 17.3. The molecule has 1 amide bonds. The molecule has 1 N–H and O–H groups in total. The smallest absolute Gasteiger partial charge is 0.266 e. The second-order valence-corrected chi connectivity index (χ2v) is 6.79. The number of ether oxygens (including phenoxy) is 2. The van der Waals surface area contributed by atoms with Gasteiger partial charge in [-0.15, -0.1) is 0 Å². The van der Waals surface area contributed by atoms with Gasteiger partial charge in [0.05, 0.1) is 12.8 Å². The molecule has 0 spiro atoms. The number of nitrogens with zero attached hydrogens (tertiary/aromatic N) is 1. The molecular weight excluding hydrogens is 419 g/mol. The molecule has 0 aromatic heterocycles. The number of para-hydroxylation sites is 1. The SMILES string of the molecule is COc1ccc(/C=C(\C#N)C(=O)Nc2ccccc2F)c(OCc2ccccc2Cl)c1. The second kappa shape index (κ2) is 10.3. The number of anilines is 1. The lowest BCUT2D eigenvalue weighted by Crippen LogP contribution is -2.14. The summed E-state index contributed by atoms with van der Waals surface area (Å²) < 4.78 is 25.0. The summed E-state index contributed by atoms with van der Waals surface area (Å²) in [5.41, 5.74) is 1.03. The molecule has 3 rings (SSSR count). The maximum absolute atomic E-state index is 13.8. The van der Waals surface area contributed by atoms with E-state index in [0.717, 1.165) is 5.56 Å². The van der Waals surface area contributed by atoms with Crippen LogP contribution >= 0.6 is 11.6 Å². The van der Waals surface area contributed by atoms with Crippen LogP contribution in [0.25, 0.3) is 6.08 Å². The number of carbonyl (C=O) groups excluding carboxylic acids is 1. The third-order valence-corrected chi connectivity index (χ3v) is 4.72. The third kappa shape index (κ3) is 5.62. The molecular formula is C24H18ClFN2O3. The van der Waals surface area contributed by atoms with Crippen molar-refractivity contribution in [2.45, 2.75) is 6.61 Å². The van der Waals surface area contributed by atoms with Crippen molar-refractivity contribution in [3.63, 3.8) is 0 Å². The van der Waals surface area contributed by atoms with E-state index < -0.39 is 11.7 Å². The van der Waals surface area contributed by atoms with E-state index in [1.54, 1.807) is 30.3 Å². The van der Waals surface area contributed by atoms with Gasteiger partial charge in [0.15, 0.2) is 0 Å². The van der Waals surface area contributed by atoms with Gasteiger partial charge in [-0.1, -0.05) is 41.9 Å². The predicted octanol–water partition coefficient (Wildman–Crippen LogP) is 5.61. The molecule has 0 aliphatic carbocycles. The van der Waals surface area contributed by atoms with Crippen LogP contribution in [-0.4, -0.2) is 13.0 Å². The highest BCUT2D eigenvalue weighted by molar-refractivity contribution is 6.31. The predicted molar refractivity (Wildman–Crippen MR) is 117 cm³/mol. The Balaban J connectivity index is 1.88. The Bertz CT molecular complexity index is 1170. The molecule has 31 heavy (non-hydrogen) atoms. The summed E-state index contributed by atoms with van der Waals surface area (Å²) in [6.07, 6.45) is 1.37. The number of amides is 1. The number of hydrogen-bond donors (Lipinski definition) is 1. The normalized spacial score (nSPS) is 10.8. The first kappa shape index (κ1) is 21.9. The van der Waals surface area contributed by atoms with Gasteiger partial charge in [0.2, 0.25) is 0 Å². The number of hydrogen-bond acceptors (Lipinski definition) is 4. The minimum absolute atomic E-state index is 0.0152. The summed E-state index contributed by atoms with van der Waals surface area (Å²) in [4.78, 5) is 12.5. The number of halogens is 2. The van der Waals surface area contributed by atoms with E-state index >= 15 is 0 Å². The molecule has 3 aromatic rings. The van der Waals surface area contributed by atoms with Crippen molar-refractivity contribution in [1.82, 2.24) is 0 Å². The van der Waals surface area contributed by atoms with Crippen LogP contribution in [0, 0.1) is 17.1 Å². The van der Waals surface area contributed by atoms with Crippen molar-refractivity contribution in [2.75, 3.05) is 12.4 Å². The molecule has 0 radical (unpaired) electrons. The Kier molecular flexibility index (Phi) is 7.26. The average molecular weight is 437 g/mol. The Morgan fingerprint density at radius 1 is 1.16 bits per heavy atom. The number of carbonyl (C=O) groups is 1. The van der Waals surface area contributed by atoms with Crippen molar-refractivity contribution < 1.29 is 18.7 Å². The Hall–Kier alpha value is -3.82. The highest BCUT2D eigenvalue weighted by Crippen LogP contribution is 2.29. The lowest BCUT2D eigenvalue weighted by atomic mass is 10.1. The molecule has 0 unspecified atom stereocenters. The molecule has 0 aliphatic rings. The van der Waals surface area contributed by atoms with Gasteiger partial charge in [0.25, 0.3) is 5.91 Å². The minimum Gasteiger partial charge on any atom is -0.497 e. The number of nitriles is 1. The van der Waals surface area contributed by atoms with Gasteiger partial charge < -0.3 is 14.8 Å². The fourth-order valence-electron chi connectivity index (χ4n) is 2.71. The molecule has 3 aromatic carbocycles. The average Bonchev–Trinajstić information content (AvgIpc) is 2.78. The van der Waals surface area contributed by atoms with E-state index in [9.17, 15) is 14.4 Å². The zero-order valence-electron chi connectivity index (χ0n) is 16.6. The molecule has 0 saturated carbocycles. The molecule has 0 saturated heterocycles. The Labute approximate surface area is 184 Å². The van der Waals surface area contributed by atoms with E-state index in [2.05, 4.69) is 5.32 Å². The van der Waals surface area contributed by atoms with Gasteiger partial charge in [-0.2, -0.15) is 5.26 Å². The molecule has 0 fully saturated rings. The van der Waals surface area contributed by atoms with Crippen molar-refractivity contribution in [3.8, 4) is 17.6 Å². The summed E-state index contributed by atoms with van der Waals surface area (Å²) in [6, 6.07) is 19.8. The lowest BCUT2D eigenvalue weighted by molar-refractivity contribution is -0.112. The second-order valence-electron chi connectivity index (χ2n) is 6.39. The van der Waals surface area contributed by atoms with E-state index in [-0.39, 0.29) is 17.9 Å². The molecule has 7 heteroatoms. The van der Waals surface area contributed by atoms with Crippen LogP contribution in [0.5, 0.6) is 11.5 Å². The first-order chi connectivity index (χ1) is 15.0. The molecule has 5 nitrogen and oxygen atoms in total. The van der Waals surface area contributed by atoms with Crippen LogP contribution in [0.15, 0.2) is 72.3 Å². The van der Waals surface area contributed by atoms with E-state index in [1.165, 1.54) is 31.4 Å². The highest BCUT2D eigenvalue weighted by atomic mass is 35.5. The fourth-order valence-corrected chi connectivity index (χ4v) is 2.90. The maximum atomic E-state index is 13.8. The van der Waals surface area contributed by atoms with Gasteiger partial charge in [-0.05, 0) is 36.4 Å². The maximum Gasteiger partial charge on any atom is 0.266 e. The minimum atomic E-state index is -0.736. The van der Waals surface area contributed by atoms with Crippen LogP contribution in [0.4, 0.5) is 10.1 Å². The lowest BCUT2D eigenvalue weighted by Gasteiger charge is -2.12. The van der Waals surface area contributed by atoms with Gasteiger partial charge in [0, 0.05) is 22.2 Å². The number of nitrogens with one attached hydrogen (secondary N) is 1. The largest absolute Gasteiger partial charge is 0.497 e. The van der Waals surface area contributed by atoms with Gasteiger partial charge >= 0.3 is 0 Å². The van der Waals surface area contributed by atoms with Crippen molar-refractivity contribution in [3.05, 3.63) is 94.3 Å². The summed E-state index contributed by atoms with van der Waals surface area (Å²) in [7, 11) is 1.52. The number of benzene rings is 3. The quantitative estimate of drug-likeness (QED) is 0.386. The standard InChI is InChI=1S/C24H18ClFN2O3/c1-30-19-11-10-16(23(13-19)31-15-17-6-2-3-7-20(17)25)12-18(14-27)24(29)28-22-9-5-4-8-21(22)26/h2-13H,15H2,1H3,(H,28,29)/b18-12+. The van der Waals surface area contributed by atoms with Crippen molar-refractivity contribution in [2.24, 2.45) is 0 Å².